The standard InChI is InChI=1S/C21H20N4O/c1-15-5-3-7-20(25(2)23)18(15)14-26-21-8-4-6-19(24-21)17-11-9-16(13-22)10-12-17/h3-12H,14,23H2,1-2H3. The summed E-state index contributed by atoms with van der Waals surface area (Å²) in [6.45, 7) is 2.42. The van der Waals surface area contributed by atoms with Crippen LogP contribution in [-0.2, 0) is 6.61 Å². The van der Waals surface area contributed by atoms with Gasteiger partial charge in [-0.05, 0) is 36.8 Å². The number of ether oxygens (including phenoxy) is 1. The van der Waals surface area contributed by atoms with Crippen LogP contribution in [0, 0.1) is 18.3 Å². The van der Waals surface area contributed by atoms with E-state index in [-0.39, 0.29) is 0 Å². The van der Waals surface area contributed by atoms with Gasteiger partial charge in [-0.25, -0.2) is 10.8 Å². The summed E-state index contributed by atoms with van der Waals surface area (Å²) in [4.78, 5) is 4.57. The lowest BCUT2D eigenvalue weighted by Gasteiger charge is -2.19. The number of hydrogen-bond acceptors (Lipinski definition) is 5. The van der Waals surface area contributed by atoms with E-state index in [1.165, 1.54) is 0 Å². The highest BCUT2D eigenvalue weighted by Gasteiger charge is 2.09. The number of anilines is 1. The van der Waals surface area contributed by atoms with Crippen molar-refractivity contribution in [2.75, 3.05) is 12.1 Å². The van der Waals surface area contributed by atoms with E-state index in [0.29, 0.717) is 18.1 Å². The van der Waals surface area contributed by atoms with E-state index in [4.69, 9.17) is 15.8 Å². The zero-order chi connectivity index (χ0) is 18.5. The van der Waals surface area contributed by atoms with E-state index in [1.807, 2.05) is 62.5 Å². The second kappa shape index (κ2) is 7.68. The molecule has 0 atom stereocenters. The zero-order valence-corrected chi connectivity index (χ0v) is 14.8. The molecule has 0 amide bonds. The second-order valence-electron chi connectivity index (χ2n) is 6.02. The first-order valence-corrected chi connectivity index (χ1v) is 8.26. The van der Waals surface area contributed by atoms with Gasteiger partial charge in [-0.3, -0.25) is 0 Å². The summed E-state index contributed by atoms with van der Waals surface area (Å²) in [6.07, 6.45) is 0. The van der Waals surface area contributed by atoms with Crippen molar-refractivity contribution >= 4 is 5.69 Å². The van der Waals surface area contributed by atoms with Crippen molar-refractivity contribution in [2.24, 2.45) is 5.84 Å². The number of aryl methyl sites for hydroxylation is 1. The van der Waals surface area contributed by atoms with Crippen LogP contribution in [-0.4, -0.2) is 12.0 Å². The van der Waals surface area contributed by atoms with Gasteiger partial charge in [0.25, 0.3) is 0 Å². The Kier molecular flexibility index (Phi) is 5.16. The number of nitrogens with zero attached hydrogens (tertiary/aromatic N) is 3. The number of nitrogens with two attached hydrogens (primary N) is 1. The molecule has 26 heavy (non-hydrogen) atoms. The Morgan fingerprint density at radius 3 is 2.50 bits per heavy atom. The smallest absolute Gasteiger partial charge is 0.214 e. The highest BCUT2D eigenvalue weighted by Crippen LogP contribution is 2.24. The van der Waals surface area contributed by atoms with Crippen molar-refractivity contribution in [1.82, 2.24) is 4.98 Å². The highest BCUT2D eigenvalue weighted by molar-refractivity contribution is 5.60. The molecular formula is C21H20N4O. The minimum absolute atomic E-state index is 0.382. The molecule has 0 aliphatic heterocycles. The third-order valence-corrected chi connectivity index (χ3v) is 4.16. The summed E-state index contributed by atoms with van der Waals surface area (Å²) in [5.41, 5.74) is 5.43. The van der Waals surface area contributed by atoms with Gasteiger partial charge in [-0.2, -0.15) is 5.26 Å². The highest BCUT2D eigenvalue weighted by atomic mass is 16.5. The Morgan fingerprint density at radius 1 is 1.08 bits per heavy atom. The molecule has 0 unspecified atom stereocenters. The molecule has 0 saturated heterocycles. The average Bonchev–Trinajstić information content (AvgIpc) is 2.67. The molecule has 2 N–H and O–H groups in total. The van der Waals surface area contributed by atoms with E-state index in [2.05, 4.69) is 11.1 Å². The molecule has 0 fully saturated rings. The number of aromatic nitrogens is 1. The van der Waals surface area contributed by atoms with Crippen molar-refractivity contribution in [3.05, 3.63) is 77.4 Å². The maximum Gasteiger partial charge on any atom is 0.214 e. The Hall–Kier alpha value is -3.36. The van der Waals surface area contributed by atoms with Gasteiger partial charge >= 0.3 is 0 Å². The van der Waals surface area contributed by atoms with E-state index < -0.39 is 0 Å². The van der Waals surface area contributed by atoms with Gasteiger partial charge in [-0.1, -0.05) is 30.3 Å². The number of pyridine rings is 1. The van der Waals surface area contributed by atoms with Crippen LogP contribution in [0.5, 0.6) is 5.88 Å². The minimum atomic E-state index is 0.382. The number of hydrazine groups is 1. The molecule has 0 bridgehead atoms. The number of benzene rings is 2. The Morgan fingerprint density at radius 2 is 1.81 bits per heavy atom. The van der Waals surface area contributed by atoms with Crippen LogP contribution in [0.3, 0.4) is 0 Å². The fourth-order valence-corrected chi connectivity index (χ4v) is 2.72. The lowest BCUT2D eigenvalue weighted by Crippen LogP contribution is -2.26. The van der Waals surface area contributed by atoms with Crippen LogP contribution < -0.4 is 15.6 Å². The van der Waals surface area contributed by atoms with Crippen LogP contribution in [0.4, 0.5) is 5.69 Å². The van der Waals surface area contributed by atoms with Crippen LogP contribution in [0.1, 0.15) is 16.7 Å². The summed E-state index contributed by atoms with van der Waals surface area (Å²) in [5, 5.41) is 10.5. The third kappa shape index (κ3) is 3.82. The minimum Gasteiger partial charge on any atom is -0.473 e. The van der Waals surface area contributed by atoms with Crippen molar-refractivity contribution < 1.29 is 4.74 Å². The first-order valence-electron chi connectivity index (χ1n) is 8.26. The van der Waals surface area contributed by atoms with E-state index in [9.17, 15) is 0 Å². The molecule has 1 heterocycles. The maximum atomic E-state index is 8.91. The fourth-order valence-electron chi connectivity index (χ4n) is 2.72. The molecule has 130 valence electrons. The van der Waals surface area contributed by atoms with Gasteiger partial charge < -0.3 is 9.75 Å². The Balaban J connectivity index is 1.81. The SMILES string of the molecule is Cc1cccc(N(C)N)c1COc1cccc(-c2ccc(C#N)cc2)n1. The molecular weight excluding hydrogens is 324 g/mol. The number of nitriles is 1. The quantitative estimate of drug-likeness (QED) is 0.562. The van der Waals surface area contributed by atoms with Gasteiger partial charge in [0, 0.05) is 24.2 Å². The van der Waals surface area contributed by atoms with Gasteiger partial charge in [0.05, 0.1) is 23.0 Å². The summed E-state index contributed by atoms with van der Waals surface area (Å²) >= 11 is 0. The van der Waals surface area contributed by atoms with Gasteiger partial charge in [0.15, 0.2) is 0 Å². The molecule has 0 saturated carbocycles. The number of rotatable bonds is 5. The summed E-state index contributed by atoms with van der Waals surface area (Å²) in [7, 11) is 1.81. The predicted octanol–water partition coefficient (Wildman–Crippen LogP) is 3.82. The van der Waals surface area contributed by atoms with Gasteiger partial charge in [0.1, 0.15) is 6.61 Å². The lowest BCUT2D eigenvalue weighted by atomic mass is 10.1. The van der Waals surface area contributed by atoms with Crippen molar-refractivity contribution in [2.45, 2.75) is 13.5 Å². The molecule has 1 aromatic heterocycles. The van der Waals surface area contributed by atoms with E-state index >= 15 is 0 Å². The van der Waals surface area contributed by atoms with Crippen molar-refractivity contribution in [1.29, 1.82) is 5.26 Å². The van der Waals surface area contributed by atoms with Gasteiger partial charge in [-0.15, -0.1) is 0 Å². The Bertz CT molecular complexity index is 943. The normalized spacial score (nSPS) is 10.2. The molecule has 0 spiro atoms. The molecule has 3 rings (SSSR count). The van der Waals surface area contributed by atoms with Crippen LogP contribution >= 0.6 is 0 Å². The topological polar surface area (TPSA) is 75.2 Å². The van der Waals surface area contributed by atoms with Gasteiger partial charge in [0.2, 0.25) is 5.88 Å². The van der Waals surface area contributed by atoms with Crippen molar-refractivity contribution in [3.63, 3.8) is 0 Å². The lowest BCUT2D eigenvalue weighted by molar-refractivity contribution is 0.294. The monoisotopic (exact) mass is 344 g/mol. The molecule has 0 aliphatic carbocycles. The Labute approximate surface area is 153 Å². The average molecular weight is 344 g/mol. The van der Waals surface area contributed by atoms with E-state index in [0.717, 1.165) is 28.1 Å². The molecule has 5 nitrogen and oxygen atoms in total. The van der Waals surface area contributed by atoms with Crippen LogP contribution in [0.15, 0.2) is 60.7 Å². The third-order valence-electron chi connectivity index (χ3n) is 4.16. The summed E-state index contributed by atoms with van der Waals surface area (Å²) in [5.74, 6) is 6.46. The summed E-state index contributed by atoms with van der Waals surface area (Å²) < 4.78 is 5.93. The first kappa shape index (κ1) is 17.5. The van der Waals surface area contributed by atoms with E-state index in [1.54, 1.807) is 17.1 Å². The summed E-state index contributed by atoms with van der Waals surface area (Å²) in [6, 6.07) is 21.1. The largest absolute Gasteiger partial charge is 0.473 e. The molecule has 0 radical (unpaired) electrons. The predicted molar refractivity (Wildman–Crippen MR) is 102 cm³/mol. The number of hydrogen-bond donors (Lipinski definition) is 1. The zero-order valence-electron chi connectivity index (χ0n) is 14.8. The first-order chi connectivity index (χ1) is 12.6. The van der Waals surface area contributed by atoms with Crippen molar-refractivity contribution in [3.8, 4) is 23.2 Å². The molecule has 0 aliphatic rings. The second-order valence-corrected chi connectivity index (χ2v) is 6.02. The fraction of sp³-hybridized carbons (Fsp3) is 0.143. The molecule has 2 aromatic carbocycles. The van der Waals surface area contributed by atoms with Crippen LogP contribution in [0.25, 0.3) is 11.3 Å². The maximum absolute atomic E-state index is 8.91. The molecule has 3 aromatic rings. The van der Waals surface area contributed by atoms with Crippen LogP contribution in [0.2, 0.25) is 0 Å². The molecule has 5 heteroatoms.